The van der Waals surface area contributed by atoms with E-state index >= 15 is 0 Å². The van der Waals surface area contributed by atoms with Crippen molar-refractivity contribution < 1.29 is 10.3 Å². The molecule has 0 aliphatic heterocycles. The van der Waals surface area contributed by atoms with Crippen LogP contribution >= 0.6 is 0 Å². The second-order valence-electron chi connectivity index (χ2n) is 8.45. The SMILES string of the molecule is CCCCCCCCCCCCCCCCCCNCCCN(C)C.O=[N+]([O-])O. The second-order valence-corrected chi connectivity index (χ2v) is 8.45. The fourth-order valence-electron chi connectivity index (χ4n) is 3.44. The van der Waals surface area contributed by atoms with E-state index in [4.69, 9.17) is 15.3 Å². The molecule has 29 heavy (non-hydrogen) atoms. The number of rotatable bonds is 21. The van der Waals surface area contributed by atoms with Crippen molar-refractivity contribution in [2.24, 2.45) is 0 Å². The lowest BCUT2D eigenvalue weighted by molar-refractivity contribution is -0.742. The van der Waals surface area contributed by atoms with E-state index in [2.05, 4.69) is 31.2 Å². The van der Waals surface area contributed by atoms with Gasteiger partial charge in [0.2, 0.25) is 0 Å². The van der Waals surface area contributed by atoms with Crippen molar-refractivity contribution in [3.05, 3.63) is 10.1 Å². The van der Waals surface area contributed by atoms with E-state index in [1.54, 1.807) is 0 Å². The number of unbranched alkanes of at least 4 members (excludes halogenated alkanes) is 15. The molecule has 0 heterocycles. The van der Waals surface area contributed by atoms with Crippen LogP contribution < -0.4 is 5.32 Å². The molecule has 0 spiro atoms. The number of hydrogen-bond donors (Lipinski definition) is 2. The van der Waals surface area contributed by atoms with Gasteiger partial charge in [0.15, 0.2) is 0 Å². The van der Waals surface area contributed by atoms with Gasteiger partial charge in [-0.3, -0.25) is 0 Å². The summed E-state index contributed by atoms with van der Waals surface area (Å²) in [4.78, 5) is 10.6. The van der Waals surface area contributed by atoms with E-state index in [0.29, 0.717) is 0 Å². The summed E-state index contributed by atoms with van der Waals surface area (Å²) in [7, 11) is 4.30. The van der Waals surface area contributed by atoms with Crippen LogP contribution in [-0.4, -0.2) is 48.9 Å². The number of nitrogens with one attached hydrogen (secondary N) is 1. The van der Waals surface area contributed by atoms with Crippen molar-refractivity contribution in [1.82, 2.24) is 10.2 Å². The zero-order valence-electron chi connectivity index (χ0n) is 19.8. The van der Waals surface area contributed by atoms with Gasteiger partial charge >= 0.3 is 0 Å². The lowest BCUT2D eigenvalue weighted by Gasteiger charge is -2.09. The van der Waals surface area contributed by atoms with E-state index in [1.807, 2.05) is 0 Å². The van der Waals surface area contributed by atoms with Gasteiger partial charge in [-0.05, 0) is 46.6 Å². The molecule has 0 aliphatic carbocycles. The third-order valence-electron chi connectivity index (χ3n) is 5.17. The van der Waals surface area contributed by atoms with Gasteiger partial charge in [-0.2, -0.15) is 0 Å². The number of nitrogens with zero attached hydrogens (tertiary/aromatic N) is 2. The molecule has 0 radical (unpaired) electrons. The summed E-state index contributed by atoms with van der Waals surface area (Å²) < 4.78 is 0. The molecule has 0 unspecified atom stereocenters. The Hall–Kier alpha value is -0.880. The van der Waals surface area contributed by atoms with E-state index in [-0.39, 0.29) is 0 Å². The minimum atomic E-state index is -1.50. The average molecular weight is 418 g/mol. The van der Waals surface area contributed by atoms with Crippen LogP contribution in [0, 0.1) is 10.1 Å². The van der Waals surface area contributed by atoms with E-state index in [1.165, 1.54) is 129 Å². The average Bonchev–Trinajstić information content (AvgIpc) is 2.66. The van der Waals surface area contributed by atoms with Gasteiger partial charge in [0.05, 0.1) is 0 Å². The van der Waals surface area contributed by atoms with Crippen molar-refractivity contribution in [3.8, 4) is 0 Å². The molecule has 0 amide bonds. The molecule has 176 valence electrons. The maximum Gasteiger partial charge on any atom is 0.291 e. The smallest absolute Gasteiger partial charge is 0.291 e. The zero-order chi connectivity index (χ0) is 22.0. The van der Waals surface area contributed by atoms with Gasteiger partial charge in [-0.1, -0.05) is 103 Å². The van der Waals surface area contributed by atoms with Crippen molar-refractivity contribution in [1.29, 1.82) is 0 Å². The molecular formula is C23H51N3O3. The first-order chi connectivity index (χ1) is 14.0. The Morgan fingerprint density at radius 2 is 1.00 bits per heavy atom. The summed E-state index contributed by atoms with van der Waals surface area (Å²) in [5.41, 5.74) is 0. The van der Waals surface area contributed by atoms with Crippen LogP contribution in [0.5, 0.6) is 0 Å². The number of hydrogen-bond acceptors (Lipinski definition) is 4. The molecule has 0 aromatic carbocycles. The Bertz CT molecular complexity index is 312. The van der Waals surface area contributed by atoms with Crippen LogP contribution in [0.25, 0.3) is 0 Å². The molecule has 6 nitrogen and oxygen atoms in total. The fourth-order valence-corrected chi connectivity index (χ4v) is 3.44. The van der Waals surface area contributed by atoms with Gasteiger partial charge in [0.25, 0.3) is 5.09 Å². The van der Waals surface area contributed by atoms with E-state index in [0.717, 1.165) is 0 Å². The van der Waals surface area contributed by atoms with Crippen molar-refractivity contribution in [2.45, 2.75) is 116 Å². The maximum atomic E-state index is 8.36. The quantitative estimate of drug-likeness (QED) is 0.128. The van der Waals surface area contributed by atoms with Gasteiger partial charge in [0, 0.05) is 0 Å². The third kappa shape index (κ3) is 38.4. The van der Waals surface area contributed by atoms with E-state index < -0.39 is 5.09 Å². The molecule has 0 aliphatic rings. The predicted molar refractivity (Wildman–Crippen MR) is 124 cm³/mol. The molecule has 0 fully saturated rings. The predicted octanol–water partition coefficient (Wildman–Crippen LogP) is 6.44. The Morgan fingerprint density at radius 1 is 0.690 bits per heavy atom. The molecule has 0 saturated heterocycles. The topological polar surface area (TPSA) is 78.6 Å². The van der Waals surface area contributed by atoms with Crippen LogP contribution in [0.2, 0.25) is 0 Å². The Labute approximate surface area is 180 Å². The molecule has 0 aromatic heterocycles. The molecule has 0 saturated carbocycles. The van der Waals surface area contributed by atoms with Crippen LogP contribution in [-0.2, 0) is 0 Å². The van der Waals surface area contributed by atoms with Crippen molar-refractivity contribution in [2.75, 3.05) is 33.7 Å². The first-order valence-electron chi connectivity index (χ1n) is 12.2. The minimum absolute atomic E-state index is 1.18. The molecule has 2 N–H and O–H groups in total. The highest BCUT2D eigenvalue weighted by Gasteiger charge is 1.95. The van der Waals surface area contributed by atoms with Gasteiger partial charge in [-0.15, -0.1) is 10.1 Å². The van der Waals surface area contributed by atoms with Gasteiger partial charge in [0.1, 0.15) is 0 Å². The first kappa shape index (κ1) is 30.3. The van der Waals surface area contributed by atoms with Crippen LogP contribution in [0.4, 0.5) is 0 Å². The molecule has 0 aromatic rings. The summed E-state index contributed by atoms with van der Waals surface area (Å²) >= 11 is 0. The van der Waals surface area contributed by atoms with Crippen LogP contribution in [0.15, 0.2) is 0 Å². The van der Waals surface area contributed by atoms with Gasteiger partial charge in [-0.25, -0.2) is 0 Å². The Morgan fingerprint density at radius 3 is 1.34 bits per heavy atom. The van der Waals surface area contributed by atoms with Crippen molar-refractivity contribution >= 4 is 0 Å². The maximum absolute atomic E-state index is 8.36. The van der Waals surface area contributed by atoms with E-state index in [9.17, 15) is 0 Å². The highest BCUT2D eigenvalue weighted by atomic mass is 16.9. The highest BCUT2D eigenvalue weighted by Crippen LogP contribution is 2.13. The zero-order valence-corrected chi connectivity index (χ0v) is 19.8. The van der Waals surface area contributed by atoms with Crippen LogP contribution in [0.1, 0.15) is 116 Å². The Kier molecular flexibility index (Phi) is 28.3. The lowest BCUT2D eigenvalue weighted by atomic mass is 10.0. The van der Waals surface area contributed by atoms with Gasteiger partial charge < -0.3 is 15.4 Å². The van der Waals surface area contributed by atoms with Crippen LogP contribution in [0.3, 0.4) is 0 Å². The monoisotopic (exact) mass is 417 g/mol. The minimum Gasteiger partial charge on any atom is -0.328 e. The summed E-state index contributed by atoms with van der Waals surface area (Å²) in [6, 6.07) is 0. The molecule has 0 bridgehead atoms. The standard InChI is InChI=1S/C23H50N2.HNO3/c1-4-5-6-7-8-9-10-11-12-13-14-15-16-17-18-19-21-24-22-20-23-25(2)3;2-1(3)4/h24H,4-23H2,1-3H3;(H,2,3,4). The molecule has 6 heteroatoms. The van der Waals surface area contributed by atoms with Crippen molar-refractivity contribution in [3.63, 3.8) is 0 Å². The molecule has 0 atom stereocenters. The Balaban J connectivity index is 0. The summed E-state index contributed by atoms with van der Waals surface area (Å²) in [5, 5.41) is 17.2. The first-order valence-corrected chi connectivity index (χ1v) is 12.2. The third-order valence-corrected chi connectivity index (χ3v) is 5.17. The second kappa shape index (κ2) is 27.1. The summed E-state index contributed by atoms with van der Waals surface area (Å²) in [6.07, 6.45) is 24.5. The summed E-state index contributed by atoms with van der Waals surface area (Å²) in [6.45, 7) is 5.89. The summed E-state index contributed by atoms with van der Waals surface area (Å²) in [5.74, 6) is 0. The fraction of sp³-hybridized carbons (Fsp3) is 1.00. The largest absolute Gasteiger partial charge is 0.328 e. The lowest BCUT2D eigenvalue weighted by Crippen LogP contribution is -2.22. The molecule has 0 rings (SSSR count). The normalized spacial score (nSPS) is 10.8. The highest BCUT2D eigenvalue weighted by molar-refractivity contribution is 4.53. The molecular weight excluding hydrogens is 366 g/mol.